The zero-order valence-electron chi connectivity index (χ0n) is 17.5. The van der Waals surface area contributed by atoms with Crippen LogP contribution in [-0.2, 0) is 10.3 Å². The van der Waals surface area contributed by atoms with Crippen molar-refractivity contribution >= 4 is 35.1 Å². The Labute approximate surface area is 202 Å². The van der Waals surface area contributed by atoms with E-state index < -0.39 is 35.2 Å². The van der Waals surface area contributed by atoms with Crippen LogP contribution in [0.15, 0.2) is 53.9 Å². The molecule has 0 aromatic heterocycles. The highest BCUT2D eigenvalue weighted by atomic mass is 35.5. The molecular weight excluding hydrogens is 498 g/mol. The van der Waals surface area contributed by atoms with E-state index in [1.165, 1.54) is 37.4 Å². The topological polar surface area (TPSA) is 90.9 Å². The normalized spacial score (nSPS) is 19.2. The summed E-state index contributed by atoms with van der Waals surface area (Å²) in [6.07, 6.45) is -3.81. The zero-order chi connectivity index (χ0) is 24.8. The molecule has 1 unspecified atom stereocenters. The van der Waals surface area contributed by atoms with Gasteiger partial charge in [0.05, 0.1) is 21.1 Å². The van der Waals surface area contributed by atoms with E-state index in [1.807, 2.05) is 0 Å². The lowest BCUT2D eigenvalue weighted by Crippen LogP contribution is -2.47. The number of halogens is 5. The smallest absolute Gasteiger partial charge is 0.410 e. The molecular formula is C22H18Cl2F3N3O4. The van der Waals surface area contributed by atoms with Gasteiger partial charge in [0.25, 0.3) is 5.91 Å². The van der Waals surface area contributed by atoms with Crippen LogP contribution in [0.2, 0.25) is 10.0 Å². The van der Waals surface area contributed by atoms with Gasteiger partial charge in [0.1, 0.15) is 11.3 Å². The quantitative estimate of drug-likeness (QED) is 0.525. The average molecular weight is 516 g/mol. The van der Waals surface area contributed by atoms with Gasteiger partial charge in [-0.3, -0.25) is 9.80 Å². The predicted octanol–water partition coefficient (Wildman–Crippen LogP) is 4.47. The summed E-state index contributed by atoms with van der Waals surface area (Å²) >= 11 is 11.9. The number of carbonyl (C=O) groups is 2. The van der Waals surface area contributed by atoms with E-state index in [4.69, 9.17) is 33.0 Å². The molecule has 2 aliphatic rings. The first-order valence-electron chi connectivity index (χ1n) is 10.0. The van der Waals surface area contributed by atoms with Crippen molar-refractivity contribution in [3.63, 3.8) is 0 Å². The van der Waals surface area contributed by atoms with Gasteiger partial charge >= 0.3 is 12.1 Å². The van der Waals surface area contributed by atoms with E-state index in [0.717, 1.165) is 5.01 Å². The second-order valence-corrected chi connectivity index (χ2v) is 8.79. The molecule has 1 saturated carbocycles. The number of carbonyl (C=O) groups excluding carboxylic acids is 1. The number of amides is 1. The van der Waals surface area contributed by atoms with Crippen molar-refractivity contribution < 1.29 is 32.6 Å². The molecule has 1 aliphatic heterocycles. The number of nitrogens with one attached hydrogen (secondary N) is 2. The Hall–Kier alpha value is -2.95. The van der Waals surface area contributed by atoms with Crippen LogP contribution >= 0.6 is 23.2 Å². The number of rotatable bonds is 6. The number of carboxylic acids is 1. The van der Waals surface area contributed by atoms with Gasteiger partial charge in [-0.05, 0) is 42.7 Å². The molecule has 4 rings (SSSR count). The first-order chi connectivity index (χ1) is 15.9. The molecule has 0 spiro atoms. The van der Waals surface area contributed by atoms with Crippen LogP contribution < -0.4 is 15.5 Å². The molecule has 12 heteroatoms. The minimum absolute atomic E-state index is 0.0599. The van der Waals surface area contributed by atoms with E-state index in [2.05, 4.69) is 10.7 Å². The Kier molecular flexibility index (Phi) is 6.17. The largest absolute Gasteiger partial charge is 0.478 e. The van der Waals surface area contributed by atoms with Crippen LogP contribution in [-0.4, -0.2) is 41.3 Å². The summed E-state index contributed by atoms with van der Waals surface area (Å²) in [5.74, 6) is -2.32. The molecule has 3 N–H and O–H groups in total. The van der Waals surface area contributed by atoms with Crippen molar-refractivity contribution in [2.75, 3.05) is 7.05 Å². The van der Waals surface area contributed by atoms with Gasteiger partial charge in [-0.25, -0.2) is 10.2 Å². The fraction of sp³-hybridized carbons (Fsp3) is 0.273. The number of nitrogens with zero attached hydrogens (tertiary/aromatic N) is 1. The Morgan fingerprint density at radius 1 is 1.15 bits per heavy atom. The molecule has 1 atom stereocenters. The van der Waals surface area contributed by atoms with Crippen LogP contribution in [0, 0.1) is 0 Å². The predicted molar refractivity (Wildman–Crippen MR) is 117 cm³/mol. The second-order valence-electron chi connectivity index (χ2n) is 7.98. The summed E-state index contributed by atoms with van der Waals surface area (Å²) in [5.41, 5.74) is 1.33. The van der Waals surface area contributed by atoms with Gasteiger partial charge in [0.2, 0.25) is 5.88 Å². The number of carboxylic acid groups (broad SMARTS) is 1. The Morgan fingerprint density at radius 2 is 1.79 bits per heavy atom. The minimum Gasteiger partial charge on any atom is -0.478 e. The Balaban J connectivity index is 1.67. The molecule has 180 valence electrons. The highest BCUT2D eigenvalue weighted by Gasteiger charge is 2.54. The molecule has 1 amide bonds. The van der Waals surface area contributed by atoms with Gasteiger partial charge in [-0.2, -0.15) is 13.2 Å². The molecule has 1 fully saturated rings. The molecule has 2 aromatic carbocycles. The summed E-state index contributed by atoms with van der Waals surface area (Å²) in [6.45, 7) is 0. The number of hydrazine groups is 1. The third-order valence-corrected chi connectivity index (χ3v) is 6.35. The second kappa shape index (κ2) is 8.68. The molecule has 34 heavy (non-hydrogen) atoms. The lowest BCUT2D eigenvalue weighted by atomic mass is 10.0. The summed E-state index contributed by atoms with van der Waals surface area (Å²) in [5, 5.41) is 13.1. The average Bonchev–Trinajstić information content (AvgIpc) is 3.46. The van der Waals surface area contributed by atoms with Crippen molar-refractivity contribution in [2.24, 2.45) is 0 Å². The third kappa shape index (κ3) is 4.66. The molecule has 0 radical (unpaired) electrons. The molecule has 2 aromatic rings. The SMILES string of the molecule is CN1NC(C(F)(F)F)C(C(=O)NC2(c3ccc(C(=O)O)cc3)CC2)=C1Oc1ccc(Cl)c(Cl)c1. The van der Waals surface area contributed by atoms with Crippen LogP contribution in [0.1, 0.15) is 28.8 Å². The Morgan fingerprint density at radius 3 is 2.32 bits per heavy atom. The number of hydrogen-bond acceptors (Lipinski definition) is 5. The zero-order valence-corrected chi connectivity index (χ0v) is 19.1. The van der Waals surface area contributed by atoms with E-state index >= 15 is 0 Å². The molecule has 1 aliphatic carbocycles. The maximum atomic E-state index is 13.8. The minimum atomic E-state index is -4.79. The van der Waals surface area contributed by atoms with Gasteiger partial charge < -0.3 is 15.2 Å². The van der Waals surface area contributed by atoms with Gasteiger partial charge in [0, 0.05) is 13.1 Å². The maximum Gasteiger partial charge on any atom is 0.410 e. The van der Waals surface area contributed by atoms with Crippen molar-refractivity contribution in [3.05, 3.63) is 75.1 Å². The van der Waals surface area contributed by atoms with Gasteiger partial charge in [0.15, 0.2) is 6.04 Å². The van der Waals surface area contributed by atoms with E-state index in [-0.39, 0.29) is 27.2 Å². The van der Waals surface area contributed by atoms with Gasteiger partial charge in [-0.15, -0.1) is 0 Å². The number of hydrogen-bond donors (Lipinski definition) is 3. The van der Waals surface area contributed by atoms with E-state index in [9.17, 15) is 22.8 Å². The summed E-state index contributed by atoms with van der Waals surface area (Å²) in [6, 6.07) is 7.70. The van der Waals surface area contributed by atoms with E-state index in [1.54, 1.807) is 12.1 Å². The third-order valence-electron chi connectivity index (χ3n) is 5.61. The van der Waals surface area contributed by atoms with Gasteiger partial charge in [-0.1, -0.05) is 35.3 Å². The van der Waals surface area contributed by atoms with Crippen molar-refractivity contribution in [1.82, 2.24) is 15.8 Å². The van der Waals surface area contributed by atoms with Crippen LogP contribution in [0.4, 0.5) is 13.2 Å². The summed E-state index contributed by atoms with van der Waals surface area (Å²) in [7, 11) is 1.30. The fourth-order valence-electron chi connectivity index (χ4n) is 3.69. The van der Waals surface area contributed by atoms with Crippen LogP contribution in [0.3, 0.4) is 0 Å². The fourth-order valence-corrected chi connectivity index (χ4v) is 3.98. The van der Waals surface area contributed by atoms with Crippen LogP contribution in [0.5, 0.6) is 5.75 Å². The monoisotopic (exact) mass is 515 g/mol. The number of benzene rings is 2. The van der Waals surface area contributed by atoms with Crippen LogP contribution in [0.25, 0.3) is 0 Å². The van der Waals surface area contributed by atoms with Crippen molar-refractivity contribution in [3.8, 4) is 5.75 Å². The molecule has 0 saturated heterocycles. The molecule has 7 nitrogen and oxygen atoms in total. The van der Waals surface area contributed by atoms with E-state index in [0.29, 0.717) is 18.4 Å². The number of aromatic carboxylic acids is 1. The highest BCUT2D eigenvalue weighted by Crippen LogP contribution is 2.46. The lowest BCUT2D eigenvalue weighted by molar-refractivity contribution is -0.154. The molecule has 0 bridgehead atoms. The molecule has 1 heterocycles. The summed E-state index contributed by atoms with van der Waals surface area (Å²) in [4.78, 5) is 24.3. The Bertz CT molecular complexity index is 1180. The number of ether oxygens (including phenoxy) is 1. The van der Waals surface area contributed by atoms with Crippen molar-refractivity contribution in [1.29, 1.82) is 0 Å². The van der Waals surface area contributed by atoms with Crippen molar-refractivity contribution in [2.45, 2.75) is 30.6 Å². The standard InChI is InChI=1S/C22H18Cl2F3N3O4/c1-30-19(34-13-6-7-14(23)15(24)10-13)16(17(29-30)22(25,26)27)18(31)28-21(8-9-21)12-4-2-11(3-5-12)20(32)33/h2-7,10,17,29H,8-9H2,1H3,(H,28,31)(H,32,33). The summed E-state index contributed by atoms with van der Waals surface area (Å²) < 4.78 is 47.1. The first-order valence-corrected chi connectivity index (χ1v) is 10.8. The number of alkyl halides is 3. The maximum absolute atomic E-state index is 13.8. The highest BCUT2D eigenvalue weighted by molar-refractivity contribution is 6.42. The lowest BCUT2D eigenvalue weighted by Gasteiger charge is -2.22. The first kappa shape index (κ1) is 24.2.